The summed E-state index contributed by atoms with van der Waals surface area (Å²) in [4.78, 5) is 37.0. The largest absolute Gasteiger partial charge is 0.453 e. The van der Waals surface area contributed by atoms with Gasteiger partial charge < -0.3 is 28.7 Å². The maximum absolute atomic E-state index is 12.6. The van der Waals surface area contributed by atoms with E-state index in [4.69, 9.17) is 23.4 Å². The molecule has 1 amide bonds. The van der Waals surface area contributed by atoms with E-state index in [0.717, 1.165) is 5.56 Å². The molecule has 2 aliphatic rings. The van der Waals surface area contributed by atoms with Crippen LogP contribution in [0, 0.1) is 0 Å². The predicted octanol–water partition coefficient (Wildman–Crippen LogP) is 2.41. The molecule has 2 saturated heterocycles. The van der Waals surface area contributed by atoms with Crippen LogP contribution in [0.1, 0.15) is 15.9 Å². The number of ether oxygens (including phenoxy) is 4. The fourth-order valence-electron chi connectivity index (χ4n) is 3.99. The molecule has 5 rings (SSSR count). The molecule has 4 atom stereocenters. The number of hydrogen-bond donors (Lipinski definition) is 1. The van der Waals surface area contributed by atoms with Crippen LogP contribution in [0.2, 0.25) is 0 Å². The molecule has 0 bridgehead atoms. The number of rotatable bonds is 5. The van der Waals surface area contributed by atoms with Gasteiger partial charge in [0.15, 0.2) is 12.2 Å². The molecule has 9 heteroatoms. The number of benzene rings is 2. The molecule has 2 fully saturated rings. The first-order valence-electron chi connectivity index (χ1n) is 10.5. The molecule has 33 heavy (non-hydrogen) atoms. The predicted molar refractivity (Wildman–Crippen MR) is 115 cm³/mol. The summed E-state index contributed by atoms with van der Waals surface area (Å²) in [6.45, 7) is 0.502. The highest BCUT2D eigenvalue weighted by molar-refractivity contribution is 5.92. The van der Waals surface area contributed by atoms with E-state index in [-0.39, 0.29) is 18.8 Å². The number of carbonyl (C=O) groups is 2. The number of nitrogens with one attached hydrogen (secondary N) is 1. The summed E-state index contributed by atoms with van der Waals surface area (Å²) in [7, 11) is 0. The molecule has 0 saturated carbocycles. The van der Waals surface area contributed by atoms with Crippen molar-refractivity contribution < 1.29 is 33.0 Å². The van der Waals surface area contributed by atoms with Gasteiger partial charge in [0.05, 0.1) is 13.2 Å². The topological polar surface area (TPSA) is 113 Å². The summed E-state index contributed by atoms with van der Waals surface area (Å²) in [5.41, 5.74) is 0.339. The van der Waals surface area contributed by atoms with Crippen LogP contribution in [0.4, 0.5) is 4.79 Å². The molecule has 3 aromatic rings. The van der Waals surface area contributed by atoms with Crippen LogP contribution in [0.15, 0.2) is 69.9 Å². The Labute approximate surface area is 188 Å². The van der Waals surface area contributed by atoms with E-state index in [1.807, 2.05) is 30.3 Å². The summed E-state index contributed by atoms with van der Waals surface area (Å²) in [6.07, 6.45) is -3.15. The fraction of sp³-hybridized carbons (Fsp3) is 0.292. The second-order valence-corrected chi connectivity index (χ2v) is 7.81. The minimum Gasteiger partial charge on any atom is -0.453 e. The molecular weight excluding hydrogens is 430 g/mol. The van der Waals surface area contributed by atoms with Crippen LogP contribution in [-0.2, 0) is 25.5 Å². The molecule has 1 N–H and O–H groups in total. The molecule has 0 spiro atoms. The van der Waals surface area contributed by atoms with Crippen molar-refractivity contribution in [3.05, 3.63) is 82.2 Å². The third-order valence-corrected chi connectivity index (χ3v) is 5.62. The van der Waals surface area contributed by atoms with E-state index in [1.165, 1.54) is 6.07 Å². The van der Waals surface area contributed by atoms with Gasteiger partial charge >= 0.3 is 17.7 Å². The van der Waals surface area contributed by atoms with Crippen LogP contribution in [0.25, 0.3) is 11.0 Å². The molecule has 1 aromatic heterocycles. The highest BCUT2D eigenvalue weighted by atomic mass is 16.7. The third kappa shape index (κ3) is 4.46. The van der Waals surface area contributed by atoms with Gasteiger partial charge in [-0.25, -0.2) is 14.4 Å². The average molecular weight is 451 g/mol. The van der Waals surface area contributed by atoms with Crippen molar-refractivity contribution in [2.75, 3.05) is 13.2 Å². The second kappa shape index (κ2) is 9.05. The highest BCUT2D eigenvalue weighted by Crippen LogP contribution is 2.31. The Bertz CT molecular complexity index is 1220. The maximum Gasteiger partial charge on any atom is 0.407 e. The van der Waals surface area contributed by atoms with Crippen molar-refractivity contribution in [2.45, 2.75) is 31.0 Å². The smallest absolute Gasteiger partial charge is 0.407 e. The van der Waals surface area contributed by atoms with E-state index in [9.17, 15) is 14.4 Å². The minimum atomic E-state index is -0.822. The zero-order valence-electron chi connectivity index (χ0n) is 17.5. The van der Waals surface area contributed by atoms with Crippen molar-refractivity contribution >= 4 is 23.0 Å². The number of esters is 1. The summed E-state index contributed by atoms with van der Waals surface area (Å²) in [5.74, 6) is -0.822. The highest BCUT2D eigenvalue weighted by Gasteiger charge is 2.51. The number of hydrogen-bond acceptors (Lipinski definition) is 8. The lowest BCUT2D eigenvalue weighted by Crippen LogP contribution is -2.38. The van der Waals surface area contributed by atoms with Crippen LogP contribution < -0.4 is 10.9 Å². The Morgan fingerprint density at radius 2 is 1.58 bits per heavy atom. The van der Waals surface area contributed by atoms with E-state index in [1.54, 1.807) is 24.3 Å². The summed E-state index contributed by atoms with van der Waals surface area (Å²) in [6, 6.07) is 17.8. The molecule has 9 nitrogen and oxygen atoms in total. The van der Waals surface area contributed by atoms with Crippen molar-refractivity contribution in [3.8, 4) is 0 Å². The van der Waals surface area contributed by atoms with Gasteiger partial charge in [0.2, 0.25) is 0 Å². The molecular formula is C24H21NO8. The Balaban J connectivity index is 1.18. The number of carbonyl (C=O) groups excluding carboxylic acids is 2. The fourth-order valence-corrected chi connectivity index (χ4v) is 3.99. The zero-order valence-corrected chi connectivity index (χ0v) is 17.5. The zero-order chi connectivity index (χ0) is 22.8. The molecule has 170 valence electrons. The van der Waals surface area contributed by atoms with Gasteiger partial charge in [-0.05, 0) is 17.7 Å². The van der Waals surface area contributed by atoms with Crippen molar-refractivity contribution in [3.63, 3.8) is 0 Å². The van der Waals surface area contributed by atoms with Crippen LogP contribution >= 0.6 is 0 Å². The van der Waals surface area contributed by atoms with Crippen molar-refractivity contribution in [1.29, 1.82) is 0 Å². The van der Waals surface area contributed by atoms with E-state index in [0.29, 0.717) is 17.5 Å². The number of amides is 1. The number of fused-ring (bicyclic) bond motifs is 2. The summed E-state index contributed by atoms with van der Waals surface area (Å²) in [5, 5.41) is 3.30. The Hall–Kier alpha value is -3.69. The lowest BCUT2D eigenvalue weighted by atomic mass is 10.1. The normalized spacial score (nSPS) is 23.8. The van der Waals surface area contributed by atoms with Crippen molar-refractivity contribution in [1.82, 2.24) is 5.32 Å². The lowest BCUT2D eigenvalue weighted by molar-refractivity contribution is -0.0233. The third-order valence-electron chi connectivity index (χ3n) is 5.62. The lowest BCUT2D eigenvalue weighted by Gasteiger charge is -2.17. The first-order valence-corrected chi connectivity index (χ1v) is 10.5. The van der Waals surface area contributed by atoms with Crippen LogP contribution in [0.5, 0.6) is 0 Å². The average Bonchev–Trinajstić information content (AvgIpc) is 3.41. The Kier molecular flexibility index (Phi) is 5.80. The van der Waals surface area contributed by atoms with Gasteiger partial charge in [0.1, 0.15) is 23.4 Å². The molecule has 0 aliphatic carbocycles. The van der Waals surface area contributed by atoms with Gasteiger partial charge in [-0.2, -0.15) is 0 Å². The molecule has 0 radical (unpaired) electrons. The molecule has 2 aliphatic heterocycles. The minimum absolute atomic E-state index is 0.0610. The molecule has 0 unspecified atom stereocenters. The monoisotopic (exact) mass is 451 g/mol. The first kappa shape index (κ1) is 21.2. The van der Waals surface area contributed by atoms with E-state index in [2.05, 4.69) is 5.32 Å². The quantitative estimate of drug-likeness (QED) is 0.465. The van der Waals surface area contributed by atoms with Gasteiger partial charge in [-0.3, -0.25) is 0 Å². The standard InChI is InChI=1S/C24H21NO8/c26-22-16(10-15-8-4-5-9-17(15)31-22)23(27)32-18-12-29-21-19(13-30-20(18)21)33-24(28)25-11-14-6-2-1-3-7-14/h1-10,18-21H,11-13H2,(H,25,28)/t18-,19+,20-,21-/m1/s1. The van der Waals surface area contributed by atoms with E-state index >= 15 is 0 Å². The summed E-state index contributed by atoms with van der Waals surface area (Å²) < 4.78 is 27.5. The van der Waals surface area contributed by atoms with Gasteiger partial charge in [0.25, 0.3) is 0 Å². The molecule has 2 aromatic carbocycles. The SMILES string of the molecule is O=C(NCc1ccccc1)O[C@H]1CO[C@H]2[C@@H]1OC[C@H]2OC(=O)c1cc2ccccc2oc1=O. The van der Waals surface area contributed by atoms with Gasteiger partial charge in [-0.1, -0.05) is 48.5 Å². The van der Waals surface area contributed by atoms with Gasteiger partial charge in [0, 0.05) is 11.9 Å². The molecule has 3 heterocycles. The second-order valence-electron chi connectivity index (χ2n) is 7.81. The summed E-state index contributed by atoms with van der Waals surface area (Å²) >= 11 is 0. The first-order chi connectivity index (χ1) is 16.1. The number of para-hydroxylation sites is 1. The van der Waals surface area contributed by atoms with Crippen LogP contribution in [-0.4, -0.2) is 49.7 Å². The van der Waals surface area contributed by atoms with E-state index < -0.39 is 42.1 Å². The Morgan fingerprint density at radius 3 is 2.33 bits per heavy atom. The van der Waals surface area contributed by atoms with Crippen molar-refractivity contribution in [2.24, 2.45) is 0 Å². The van der Waals surface area contributed by atoms with Crippen LogP contribution in [0.3, 0.4) is 0 Å². The number of alkyl carbamates (subject to hydrolysis) is 1. The maximum atomic E-state index is 12.6. The Morgan fingerprint density at radius 1 is 0.909 bits per heavy atom. The van der Waals surface area contributed by atoms with Gasteiger partial charge in [-0.15, -0.1) is 0 Å².